The number of morpholine rings is 1. The minimum atomic E-state index is -1.17. The molecule has 1 aliphatic carbocycles. The number of nitrogens with one attached hydrogen (secondary N) is 4. The highest BCUT2D eigenvalue weighted by Crippen LogP contribution is 2.36. The predicted octanol–water partition coefficient (Wildman–Crippen LogP) is 4.87. The molecule has 3 aliphatic heterocycles. The summed E-state index contributed by atoms with van der Waals surface area (Å²) >= 11 is 0. The number of rotatable bonds is 11. The Bertz CT molecular complexity index is 3300. The molecular weight excluding hydrogens is 953 g/mol. The van der Waals surface area contributed by atoms with Crippen LogP contribution >= 0.6 is 0 Å². The molecule has 24 nitrogen and oxygen atoms in total. The summed E-state index contributed by atoms with van der Waals surface area (Å²) < 4.78 is 26.8. The number of carbonyl (C=O) groups excluding carboxylic acids is 3. The molecule has 11 rings (SSSR count). The van der Waals surface area contributed by atoms with Crippen LogP contribution in [0.3, 0.4) is 0 Å². The van der Waals surface area contributed by atoms with Crippen molar-refractivity contribution in [2.24, 2.45) is 0 Å². The van der Waals surface area contributed by atoms with E-state index in [1.807, 2.05) is 44.4 Å². The van der Waals surface area contributed by atoms with Gasteiger partial charge in [0.2, 0.25) is 11.9 Å². The summed E-state index contributed by atoms with van der Waals surface area (Å²) in [6, 6.07) is 9.29. The molecular formula is C50H58N16O8. The Kier molecular flexibility index (Phi) is 13.1. The van der Waals surface area contributed by atoms with Crippen LogP contribution in [-0.4, -0.2) is 144 Å². The molecule has 5 aromatic heterocycles. The SMILES string of the molecule is CCn1nc(C)cc1C(=O)Nc1nc2cc(C(=O)O)cc3c2n1C/C=C/Cn1c(NC(=O)c2cc(C)nn2CC)nc2cc(C(=O)N[C@H]4CC[C@H](c5nnn[nH]5)CC4)cc(c21)OCC(N1CC2CCC(C1)O2)CO3. The van der Waals surface area contributed by atoms with Crippen LogP contribution < -0.4 is 25.4 Å². The quantitative estimate of drug-likeness (QED) is 0.108. The second-order valence-electron chi connectivity index (χ2n) is 19.4. The number of carboxylic acids is 1. The lowest BCUT2D eigenvalue weighted by molar-refractivity contribution is -0.0639. The van der Waals surface area contributed by atoms with Gasteiger partial charge in [0.1, 0.15) is 47.1 Å². The van der Waals surface area contributed by atoms with Crippen LogP contribution in [0.2, 0.25) is 0 Å². The first-order valence-electron chi connectivity index (χ1n) is 25.3. The minimum absolute atomic E-state index is 0.0143. The normalized spacial score (nSPS) is 21.6. The molecule has 5 N–H and O–H groups in total. The van der Waals surface area contributed by atoms with E-state index in [0.717, 1.165) is 44.3 Å². The van der Waals surface area contributed by atoms with Crippen molar-refractivity contribution in [3.63, 3.8) is 0 Å². The molecule has 0 spiro atoms. The number of amides is 3. The Morgan fingerprint density at radius 2 is 1.24 bits per heavy atom. The lowest BCUT2D eigenvalue weighted by Crippen LogP contribution is -2.52. The molecule has 3 atom stereocenters. The molecule has 74 heavy (non-hydrogen) atoms. The van der Waals surface area contributed by atoms with Crippen LogP contribution in [0.4, 0.5) is 11.9 Å². The van der Waals surface area contributed by atoms with E-state index < -0.39 is 23.8 Å². The fraction of sp³-hybridized carbons (Fsp3) is 0.460. The summed E-state index contributed by atoms with van der Waals surface area (Å²) in [6.45, 7) is 10.0. The van der Waals surface area contributed by atoms with Gasteiger partial charge in [-0.1, -0.05) is 12.2 Å². The van der Waals surface area contributed by atoms with Crippen molar-refractivity contribution in [3.8, 4) is 11.5 Å². The molecule has 386 valence electrons. The van der Waals surface area contributed by atoms with Gasteiger partial charge in [0.05, 0.1) is 46.2 Å². The summed E-state index contributed by atoms with van der Waals surface area (Å²) in [5, 5.41) is 43.1. The number of aromatic amines is 1. The highest BCUT2D eigenvalue weighted by atomic mass is 16.5. The molecule has 8 heterocycles. The van der Waals surface area contributed by atoms with E-state index in [4.69, 9.17) is 24.2 Å². The number of imidazole rings is 2. The lowest BCUT2D eigenvalue weighted by Gasteiger charge is -2.37. The Morgan fingerprint density at radius 3 is 1.76 bits per heavy atom. The Balaban J connectivity index is 1.01. The molecule has 4 aliphatic rings. The third-order valence-corrected chi connectivity index (χ3v) is 14.4. The fourth-order valence-electron chi connectivity index (χ4n) is 10.8. The lowest BCUT2D eigenvalue weighted by atomic mass is 9.85. The number of hydrogen-bond donors (Lipinski definition) is 5. The third-order valence-electron chi connectivity index (χ3n) is 14.4. The summed E-state index contributed by atoms with van der Waals surface area (Å²) in [5.74, 6) is -0.442. The van der Waals surface area contributed by atoms with Gasteiger partial charge in [-0.05, 0) is 113 Å². The van der Waals surface area contributed by atoms with E-state index in [1.165, 1.54) is 12.1 Å². The summed E-state index contributed by atoms with van der Waals surface area (Å²) in [4.78, 5) is 67.3. The zero-order valence-electron chi connectivity index (χ0n) is 41.6. The van der Waals surface area contributed by atoms with Gasteiger partial charge < -0.3 is 33.8 Å². The number of H-pyrrole nitrogens is 1. The number of aryl methyl sites for hydroxylation is 4. The molecule has 3 unspecified atom stereocenters. The second-order valence-corrected chi connectivity index (χ2v) is 19.4. The number of benzene rings is 2. The topological polar surface area (TPSA) is 281 Å². The van der Waals surface area contributed by atoms with Gasteiger partial charge in [0.15, 0.2) is 5.82 Å². The summed E-state index contributed by atoms with van der Waals surface area (Å²) in [5.41, 5.74) is 4.04. The number of nitrogens with zero attached hydrogens (tertiary/aromatic N) is 12. The van der Waals surface area contributed by atoms with Crippen molar-refractivity contribution in [1.82, 2.24) is 69.5 Å². The van der Waals surface area contributed by atoms with Gasteiger partial charge in [-0.2, -0.15) is 10.2 Å². The molecule has 0 radical (unpaired) electrons. The van der Waals surface area contributed by atoms with Gasteiger partial charge in [0.25, 0.3) is 17.7 Å². The fourth-order valence-corrected chi connectivity index (χ4v) is 10.8. The van der Waals surface area contributed by atoms with Gasteiger partial charge in [-0.3, -0.25) is 39.3 Å². The van der Waals surface area contributed by atoms with E-state index >= 15 is 0 Å². The van der Waals surface area contributed by atoms with Crippen LogP contribution in [-0.2, 0) is 30.9 Å². The number of aromatic carboxylic acids is 1. The second kappa shape index (κ2) is 20.1. The maximum Gasteiger partial charge on any atom is 0.335 e. The van der Waals surface area contributed by atoms with Gasteiger partial charge in [-0.25, -0.2) is 19.9 Å². The highest BCUT2D eigenvalue weighted by molar-refractivity contribution is 6.05. The van der Waals surface area contributed by atoms with Crippen molar-refractivity contribution in [1.29, 1.82) is 0 Å². The average molecular weight is 1010 g/mol. The number of carboxylic acid groups (broad SMARTS) is 1. The zero-order chi connectivity index (χ0) is 51.2. The largest absolute Gasteiger partial charge is 0.490 e. The molecule has 1 saturated carbocycles. The number of fused-ring (bicyclic) bond motifs is 2. The summed E-state index contributed by atoms with van der Waals surface area (Å²) in [7, 11) is 0. The van der Waals surface area contributed by atoms with Gasteiger partial charge in [0, 0.05) is 56.8 Å². The molecule has 3 amide bonds. The van der Waals surface area contributed by atoms with Crippen molar-refractivity contribution < 1.29 is 38.5 Å². The average Bonchev–Trinajstić information content (AvgIpc) is 4.27. The number of allylic oxidation sites excluding steroid dienone is 2. The number of tetrazole rings is 1. The Labute approximate surface area is 423 Å². The van der Waals surface area contributed by atoms with E-state index in [1.54, 1.807) is 38.2 Å². The number of aromatic nitrogens is 12. The van der Waals surface area contributed by atoms with Crippen LogP contribution in [0.5, 0.6) is 11.5 Å². The highest BCUT2D eigenvalue weighted by Gasteiger charge is 2.38. The van der Waals surface area contributed by atoms with Crippen molar-refractivity contribution in [2.75, 3.05) is 36.9 Å². The monoisotopic (exact) mass is 1010 g/mol. The number of ether oxygens (including phenoxy) is 3. The Hall–Kier alpha value is -7.99. The third kappa shape index (κ3) is 9.56. The van der Waals surface area contributed by atoms with E-state index in [9.17, 15) is 24.3 Å². The first kappa shape index (κ1) is 48.3. The predicted molar refractivity (Wildman–Crippen MR) is 268 cm³/mol. The maximum absolute atomic E-state index is 14.4. The number of hydrogen-bond acceptors (Lipinski definition) is 15. The molecule has 3 fully saturated rings. The summed E-state index contributed by atoms with van der Waals surface area (Å²) in [6.07, 6.45) is 8.69. The van der Waals surface area contributed by atoms with Crippen molar-refractivity contribution in [3.05, 3.63) is 88.3 Å². The maximum atomic E-state index is 14.4. The van der Waals surface area contributed by atoms with Crippen molar-refractivity contribution >= 4 is 57.7 Å². The molecule has 2 aromatic carbocycles. The van der Waals surface area contributed by atoms with Gasteiger partial charge in [-0.15, -0.1) is 5.10 Å². The first-order chi connectivity index (χ1) is 35.9. The van der Waals surface area contributed by atoms with E-state index in [2.05, 4.69) is 51.7 Å². The molecule has 2 bridgehead atoms. The van der Waals surface area contributed by atoms with E-state index in [0.29, 0.717) is 82.3 Å². The zero-order valence-corrected chi connectivity index (χ0v) is 41.6. The number of anilines is 2. The number of carbonyl (C=O) groups is 4. The minimum Gasteiger partial charge on any atom is -0.490 e. The Morgan fingerprint density at radius 1 is 0.703 bits per heavy atom. The van der Waals surface area contributed by atoms with Crippen LogP contribution in [0.25, 0.3) is 22.1 Å². The van der Waals surface area contributed by atoms with Crippen LogP contribution in [0.15, 0.2) is 48.6 Å². The van der Waals surface area contributed by atoms with Crippen LogP contribution in [0, 0.1) is 13.8 Å². The van der Waals surface area contributed by atoms with Crippen molar-refractivity contribution in [2.45, 2.75) is 123 Å². The first-order valence-corrected chi connectivity index (χ1v) is 25.3. The molecule has 2 saturated heterocycles. The van der Waals surface area contributed by atoms with E-state index in [-0.39, 0.29) is 79.6 Å². The number of likely N-dealkylation sites (tertiary alicyclic amines) is 1. The molecule has 7 aromatic rings. The smallest absolute Gasteiger partial charge is 0.335 e. The standard InChI is InChI=1S/C50H58N16O8/c1-5-65-38(17-27(3)58-65)46(68)54-49-52-36-19-30(45(67)51-32-11-9-29(10-12-32)44-56-60-61-57-44)21-40-42(36)63(49)15-7-8-16-64-43-37(53-50(64)55-47(69)39-18-28(4)59-66(39)6-2)20-31(48(70)71)22-41(43)73-26-33(25-72-40)62-23-34-13-14-35(24-62)74-34/h7-8,17-22,29,32-35H,5-6,9-16,23-26H2,1-4H3,(H,51,67)(H,70,71)(H,52,54,68)(H,53,55,69)(H,56,57,60,61)/b8-7+/t29-,32-,33?,34?,35?. The van der Waals surface area contributed by atoms with Gasteiger partial charge >= 0.3 is 5.97 Å². The van der Waals surface area contributed by atoms with Crippen LogP contribution in [0.1, 0.15) is 117 Å². The molecule has 24 heteroatoms.